The minimum atomic E-state index is 0.185. The Morgan fingerprint density at radius 1 is 1.44 bits per heavy atom. The molecule has 2 aromatic rings. The van der Waals surface area contributed by atoms with Gasteiger partial charge in [0.1, 0.15) is 0 Å². The Bertz CT molecular complexity index is 502. The second-order valence-electron chi connectivity index (χ2n) is 4.56. The SMILES string of the molecule is CN(CCc1cccs1)CC(=O)c1ccn(C)c1. The number of Topliss-reactive ketones (excluding diaryl/α,β-unsaturated/α-hetero) is 1. The van der Waals surface area contributed by atoms with Crippen LogP contribution in [0.3, 0.4) is 0 Å². The van der Waals surface area contributed by atoms with Crippen LogP contribution < -0.4 is 0 Å². The molecule has 4 heteroatoms. The Balaban J connectivity index is 1.80. The van der Waals surface area contributed by atoms with Crippen molar-refractivity contribution in [2.45, 2.75) is 6.42 Å². The zero-order valence-electron chi connectivity index (χ0n) is 10.8. The fourth-order valence-electron chi connectivity index (χ4n) is 1.84. The predicted molar refractivity (Wildman–Crippen MR) is 75.3 cm³/mol. The first-order valence-corrected chi connectivity index (χ1v) is 6.89. The molecule has 0 aliphatic rings. The fraction of sp³-hybridized carbons (Fsp3) is 0.357. The van der Waals surface area contributed by atoms with Gasteiger partial charge in [-0.1, -0.05) is 6.07 Å². The van der Waals surface area contributed by atoms with E-state index in [0.29, 0.717) is 6.54 Å². The van der Waals surface area contributed by atoms with Crippen LogP contribution in [0.2, 0.25) is 0 Å². The van der Waals surface area contributed by atoms with Crippen molar-refractivity contribution < 1.29 is 4.79 Å². The molecule has 0 spiro atoms. The zero-order valence-corrected chi connectivity index (χ0v) is 11.6. The summed E-state index contributed by atoms with van der Waals surface area (Å²) in [4.78, 5) is 15.4. The molecule has 96 valence electrons. The van der Waals surface area contributed by atoms with Crippen LogP contribution in [0.25, 0.3) is 0 Å². The lowest BCUT2D eigenvalue weighted by atomic mass is 10.2. The first kappa shape index (κ1) is 13.1. The van der Waals surface area contributed by atoms with Gasteiger partial charge in [0, 0.05) is 36.4 Å². The number of nitrogens with zero attached hydrogens (tertiary/aromatic N) is 2. The fourth-order valence-corrected chi connectivity index (χ4v) is 2.54. The summed E-state index contributed by atoms with van der Waals surface area (Å²) in [5, 5.41) is 2.09. The highest BCUT2D eigenvalue weighted by molar-refractivity contribution is 7.09. The molecule has 18 heavy (non-hydrogen) atoms. The molecule has 0 aliphatic heterocycles. The Morgan fingerprint density at radius 3 is 2.89 bits per heavy atom. The molecule has 0 unspecified atom stereocenters. The molecule has 0 saturated heterocycles. The van der Waals surface area contributed by atoms with Gasteiger partial charge in [-0.2, -0.15) is 0 Å². The first-order valence-electron chi connectivity index (χ1n) is 6.01. The normalized spacial score (nSPS) is 11.1. The largest absolute Gasteiger partial charge is 0.357 e. The number of ketones is 1. The van der Waals surface area contributed by atoms with Crippen molar-refractivity contribution in [2.24, 2.45) is 7.05 Å². The summed E-state index contributed by atoms with van der Waals surface area (Å²) in [5.41, 5.74) is 0.792. The predicted octanol–water partition coefficient (Wildman–Crippen LogP) is 2.44. The minimum Gasteiger partial charge on any atom is -0.357 e. The van der Waals surface area contributed by atoms with Crippen molar-refractivity contribution in [3.05, 3.63) is 46.4 Å². The van der Waals surface area contributed by atoms with Gasteiger partial charge in [0.25, 0.3) is 0 Å². The first-order chi connectivity index (χ1) is 8.65. The van der Waals surface area contributed by atoms with E-state index in [-0.39, 0.29) is 5.78 Å². The summed E-state index contributed by atoms with van der Waals surface area (Å²) in [6.45, 7) is 1.40. The Labute approximate surface area is 112 Å². The van der Waals surface area contributed by atoms with Crippen LogP contribution >= 0.6 is 11.3 Å². The maximum Gasteiger partial charge on any atom is 0.178 e. The second kappa shape index (κ2) is 5.98. The Hall–Kier alpha value is -1.39. The van der Waals surface area contributed by atoms with Gasteiger partial charge >= 0.3 is 0 Å². The van der Waals surface area contributed by atoms with Crippen molar-refractivity contribution in [2.75, 3.05) is 20.1 Å². The quantitative estimate of drug-likeness (QED) is 0.747. The molecule has 0 radical (unpaired) electrons. The highest BCUT2D eigenvalue weighted by Gasteiger charge is 2.10. The van der Waals surface area contributed by atoms with Crippen LogP contribution in [-0.4, -0.2) is 35.4 Å². The monoisotopic (exact) mass is 262 g/mol. The maximum atomic E-state index is 12.0. The number of hydrogen-bond acceptors (Lipinski definition) is 3. The van der Waals surface area contributed by atoms with Crippen molar-refractivity contribution >= 4 is 17.1 Å². The molecule has 0 aromatic carbocycles. The van der Waals surface area contributed by atoms with Crippen LogP contribution in [-0.2, 0) is 13.5 Å². The van der Waals surface area contributed by atoms with Crippen LogP contribution in [0.1, 0.15) is 15.2 Å². The molecule has 0 fully saturated rings. The third-order valence-corrected chi connectivity index (χ3v) is 3.82. The summed E-state index contributed by atoms with van der Waals surface area (Å²) in [5.74, 6) is 0.185. The molecular weight excluding hydrogens is 244 g/mol. The third-order valence-electron chi connectivity index (χ3n) is 2.89. The van der Waals surface area contributed by atoms with E-state index >= 15 is 0 Å². The van der Waals surface area contributed by atoms with Gasteiger partial charge in [0.15, 0.2) is 5.78 Å². The lowest BCUT2D eigenvalue weighted by Crippen LogP contribution is -2.27. The zero-order chi connectivity index (χ0) is 13.0. The van der Waals surface area contributed by atoms with Crippen LogP contribution in [0, 0.1) is 0 Å². The molecule has 0 aliphatic carbocycles. The van der Waals surface area contributed by atoms with Gasteiger partial charge in [-0.05, 0) is 31.0 Å². The molecule has 2 aromatic heterocycles. The van der Waals surface area contributed by atoms with E-state index in [1.54, 1.807) is 11.3 Å². The molecule has 2 heterocycles. The van der Waals surface area contributed by atoms with Crippen molar-refractivity contribution in [3.63, 3.8) is 0 Å². The van der Waals surface area contributed by atoms with Crippen molar-refractivity contribution in [1.29, 1.82) is 0 Å². The minimum absolute atomic E-state index is 0.185. The van der Waals surface area contributed by atoms with E-state index < -0.39 is 0 Å². The van der Waals surface area contributed by atoms with E-state index in [9.17, 15) is 4.79 Å². The van der Waals surface area contributed by atoms with E-state index in [2.05, 4.69) is 22.4 Å². The molecule has 3 nitrogen and oxygen atoms in total. The number of likely N-dealkylation sites (N-methyl/N-ethyl adjacent to an activating group) is 1. The van der Waals surface area contributed by atoms with E-state index in [1.807, 2.05) is 37.1 Å². The highest BCUT2D eigenvalue weighted by Crippen LogP contribution is 2.09. The molecule has 0 amide bonds. The van der Waals surface area contributed by atoms with E-state index in [1.165, 1.54) is 4.88 Å². The molecule has 0 N–H and O–H groups in total. The number of thiophene rings is 1. The Kier molecular flexibility index (Phi) is 4.33. The van der Waals surface area contributed by atoms with Gasteiger partial charge in [-0.3, -0.25) is 9.69 Å². The highest BCUT2D eigenvalue weighted by atomic mass is 32.1. The van der Waals surface area contributed by atoms with Crippen LogP contribution in [0.5, 0.6) is 0 Å². The van der Waals surface area contributed by atoms with E-state index in [4.69, 9.17) is 0 Å². The maximum absolute atomic E-state index is 12.0. The summed E-state index contributed by atoms with van der Waals surface area (Å²) >= 11 is 1.77. The molecule has 2 rings (SSSR count). The van der Waals surface area contributed by atoms with Crippen molar-refractivity contribution in [1.82, 2.24) is 9.47 Å². The van der Waals surface area contributed by atoms with Gasteiger partial charge in [0.05, 0.1) is 6.54 Å². The average Bonchev–Trinajstić information content (AvgIpc) is 2.97. The standard InChI is InChI=1S/C14H18N2OS/c1-15-7-5-12(10-15)14(17)11-16(2)8-6-13-4-3-9-18-13/h3-5,7,9-10H,6,8,11H2,1-2H3. The lowest BCUT2D eigenvalue weighted by Gasteiger charge is -2.14. The topological polar surface area (TPSA) is 25.2 Å². The lowest BCUT2D eigenvalue weighted by molar-refractivity contribution is 0.0947. The molecule has 0 bridgehead atoms. The third kappa shape index (κ3) is 3.55. The summed E-state index contributed by atoms with van der Waals surface area (Å²) in [6, 6.07) is 6.07. The smallest absolute Gasteiger partial charge is 0.178 e. The number of aromatic nitrogens is 1. The number of carbonyl (C=O) groups is 1. The molecule has 0 atom stereocenters. The summed E-state index contributed by atoms with van der Waals surface area (Å²) in [7, 11) is 3.92. The average molecular weight is 262 g/mol. The van der Waals surface area contributed by atoms with Gasteiger partial charge < -0.3 is 4.57 Å². The van der Waals surface area contributed by atoms with Gasteiger partial charge in [-0.25, -0.2) is 0 Å². The summed E-state index contributed by atoms with van der Waals surface area (Å²) < 4.78 is 1.90. The number of rotatable bonds is 6. The number of carbonyl (C=O) groups excluding carboxylic acids is 1. The molecular formula is C14H18N2OS. The second-order valence-corrected chi connectivity index (χ2v) is 5.59. The van der Waals surface area contributed by atoms with Gasteiger partial charge in [-0.15, -0.1) is 11.3 Å². The van der Waals surface area contributed by atoms with Crippen molar-refractivity contribution in [3.8, 4) is 0 Å². The van der Waals surface area contributed by atoms with Crippen LogP contribution in [0.4, 0.5) is 0 Å². The Morgan fingerprint density at radius 2 is 2.28 bits per heavy atom. The number of aryl methyl sites for hydroxylation is 1. The van der Waals surface area contributed by atoms with Crippen LogP contribution in [0.15, 0.2) is 36.0 Å². The van der Waals surface area contributed by atoms with E-state index in [0.717, 1.165) is 18.5 Å². The molecule has 0 saturated carbocycles. The number of hydrogen-bond donors (Lipinski definition) is 0. The summed E-state index contributed by atoms with van der Waals surface area (Å²) in [6.07, 6.45) is 4.78. The van der Waals surface area contributed by atoms with Gasteiger partial charge in [0.2, 0.25) is 0 Å².